The molecule has 7 nitrogen and oxygen atoms in total. The molecule has 0 spiro atoms. The van der Waals surface area contributed by atoms with E-state index in [1.54, 1.807) is 38.3 Å². The van der Waals surface area contributed by atoms with Gasteiger partial charge in [-0.05, 0) is 24.3 Å². The van der Waals surface area contributed by atoms with Crippen LogP contribution >= 0.6 is 0 Å². The summed E-state index contributed by atoms with van der Waals surface area (Å²) in [5, 5.41) is 10.5. The van der Waals surface area contributed by atoms with Crippen molar-refractivity contribution in [2.45, 2.75) is 13.5 Å². The number of rotatable bonds is 6. The Morgan fingerprint density at radius 2 is 2.05 bits per heavy atom. The minimum atomic E-state index is -0.0751. The highest BCUT2D eigenvalue weighted by Gasteiger charge is 2.14. The number of aromatic nitrogens is 2. The van der Waals surface area contributed by atoms with Gasteiger partial charge in [0.05, 0.1) is 14.2 Å². The molecule has 2 aromatic rings. The van der Waals surface area contributed by atoms with Crippen LogP contribution in [0.2, 0.25) is 0 Å². The fourth-order valence-corrected chi connectivity index (χ4v) is 1.88. The minimum absolute atomic E-state index is 0.0751. The first-order valence-electron chi connectivity index (χ1n) is 6.61. The van der Waals surface area contributed by atoms with E-state index in [1.165, 1.54) is 0 Å². The number of nitrogens with one attached hydrogen (secondary N) is 2. The van der Waals surface area contributed by atoms with Gasteiger partial charge in [-0.1, -0.05) is 0 Å². The van der Waals surface area contributed by atoms with E-state index in [4.69, 9.17) is 9.15 Å². The van der Waals surface area contributed by atoms with Crippen LogP contribution in [0.3, 0.4) is 0 Å². The van der Waals surface area contributed by atoms with Crippen LogP contribution in [0.15, 0.2) is 28.7 Å². The van der Waals surface area contributed by atoms with Gasteiger partial charge in [0.15, 0.2) is 13.1 Å². The van der Waals surface area contributed by atoms with Gasteiger partial charge in [0, 0.05) is 12.6 Å². The Kier molecular flexibility index (Phi) is 4.89. The molecule has 1 amide bonds. The normalized spacial score (nSPS) is 12.0. The van der Waals surface area contributed by atoms with E-state index in [1.807, 2.05) is 7.05 Å². The summed E-state index contributed by atoms with van der Waals surface area (Å²) in [4.78, 5) is 12.9. The molecule has 112 valence electrons. The molecular formula is C14H19N4O3+. The molecule has 0 radical (unpaired) electrons. The number of nitrogens with zero attached hydrogens (tertiary/aromatic N) is 2. The van der Waals surface area contributed by atoms with Crippen LogP contribution in [-0.2, 0) is 11.3 Å². The molecule has 2 N–H and O–H groups in total. The molecule has 1 atom stereocenters. The molecule has 0 fully saturated rings. The summed E-state index contributed by atoms with van der Waals surface area (Å²) in [6.07, 6.45) is 0. The van der Waals surface area contributed by atoms with E-state index < -0.39 is 0 Å². The van der Waals surface area contributed by atoms with Crippen molar-refractivity contribution in [2.24, 2.45) is 0 Å². The van der Waals surface area contributed by atoms with Crippen LogP contribution in [0.25, 0.3) is 0 Å². The summed E-state index contributed by atoms with van der Waals surface area (Å²) in [6, 6.07) is 7.20. The third kappa shape index (κ3) is 4.57. The smallest absolute Gasteiger partial charge is 0.279 e. The number of ether oxygens (including phenoxy) is 1. The topological polar surface area (TPSA) is 81.7 Å². The van der Waals surface area contributed by atoms with Crippen LogP contribution < -0.4 is 15.0 Å². The number of methoxy groups -OCH3 is 1. The molecule has 7 heteroatoms. The van der Waals surface area contributed by atoms with E-state index in [0.717, 1.165) is 16.3 Å². The molecular weight excluding hydrogens is 272 g/mol. The summed E-state index contributed by atoms with van der Waals surface area (Å²) in [7, 11) is 3.50. The summed E-state index contributed by atoms with van der Waals surface area (Å²) in [5.41, 5.74) is 0.738. The van der Waals surface area contributed by atoms with Crippen molar-refractivity contribution >= 4 is 11.6 Å². The van der Waals surface area contributed by atoms with Gasteiger partial charge < -0.3 is 19.4 Å². The standard InChI is InChI=1S/C14H18N4O3/c1-10-16-17-14(21-10)9-18(2)8-13(19)15-11-4-6-12(20-3)7-5-11/h4-7H,8-9H2,1-3H3,(H,15,19)/p+1. The Morgan fingerprint density at radius 1 is 1.33 bits per heavy atom. The summed E-state index contributed by atoms with van der Waals surface area (Å²) >= 11 is 0. The Balaban J connectivity index is 1.82. The van der Waals surface area contributed by atoms with Crippen molar-refractivity contribution < 1.29 is 18.8 Å². The third-order valence-corrected chi connectivity index (χ3v) is 2.86. The molecule has 1 aromatic carbocycles. The van der Waals surface area contributed by atoms with Crippen molar-refractivity contribution in [3.05, 3.63) is 36.0 Å². The first kappa shape index (κ1) is 15.0. The second-order valence-corrected chi connectivity index (χ2v) is 4.80. The Labute approximate surface area is 122 Å². The van der Waals surface area contributed by atoms with E-state index >= 15 is 0 Å². The van der Waals surface area contributed by atoms with Crippen LogP contribution in [0.1, 0.15) is 11.8 Å². The second-order valence-electron chi connectivity index (χ2n) is 4.80. The van der Waals surface area contributed by atoms with Crippen LogP contribution in [0.4, 0.5) is 5.69 Å². The lowest BCUT2D eigenvalue weighted by Crippen LogP contribution is -3.08. The Bertz CT molecular complexity index is 595. The zero-order valence-electron chi connectivity index (χ0n) is 12.3. The summed E-state index contributed by atoms with van der Waals surface area (Å²) < 4.78 is 10.4. The Morgan fingerprint density at radius 3 is 2.62 bits per heavy atom. The molecule has 0 aliphatic heterocycles. The van der Waals surface area contributed by atoms with Crippen molar-refractivity contribution in [3.8, 4) is 5.75 Å². The summed E-state index contributed by atoms with van der Waals surface area (Å²) in [5.74, 6) is 1.74. The maximum absolute atomic E-state index is 11.9. The molecule has 0 aliphatic carbocycles. The first-order valence-corrected chi connectivity index (χ1v) is 6.61. The predicted octanol–water partition coefficient (Wildman–Crippen LogP) is 0.0400. The maximum atomic E-state index is 11.9. The predicted molar refractivity (Wildman–Crippen MR) is 76.1 cm³/mol. The maximum Gasteiger partial charge on any atom is 0.279 e. The van der Waals surface area contributed by atoms with Crippen LogP contribution in [0.5, 0.6) is 5.75 Å². The average molecular weight is 291 g/mol. The monoisotopic (exact) mass is 291 g/mol. The minimum Gasteiger partial charge on any atom is -0.497 e. The molecule has 0 bridgehead atoms. The molecule has 1 unspecified atom stereocenters. The number of hydrogen-bond acceptors (Lipinski definition) is 5. The lowest BCUT2D eigenvalue weighted by Gasteiger charge is -2.11. The first-order chi connectivity index (χ1) is 10.1. The van der Waals surface area contributed by atoms with E-state index in [2.05, 4.69) is 15.5 Å². The molecule has 0 aliphatic rings. The van der Waals surface area contributed by atoms with Gasteiger partial charge in [0.2, 0.25) is 5.89 Å². The number of hydrogen-bond donors (Lipinski definition) is 2. The molecule has 0 saturated heterocycles. The lowest BCUT2D eigenvalue weighted by molar-refractivity contribution is -0.886. The van der Waals surface area contributed by atoms with Crippen molar-refractivity contribution in [1.82, 2.24) is 10.2 Å². The van der Waals surface area contributed by atoms with Crippen LogP contribution in [0, 0.1) is 6.92 Å². The van der Waals surface area contributed by atoms with Crippen molar-refractivity contribution in [1.29, 1.82) is 0 Å². The van der Waals surface area contributed by atoms with Gasteiger partial charge in [0.25, 0.3) is 11.8 Å². The van der Waals surface area contributed by atoms with Crippen LogP contribution in [-0.4, -0.2) is 36.8 Å². The van der Waals surface area contributed by atoms with Gasteiger partial charge in [-0.15, -0.1) is 10.2 Å². The highest BCUT2D eigenvalue weighted by atomic mass is 16.5. The molecule has 0 saturated carbocycles. The van der Waals surface area contributed by atoms with E-state index in [-0.39, 0.29) is 5.91 Å². The highest BCUT2D eigenvalue weighted by molar-refractivity contribution is 5.91. The third-order valence-electron chi connectivity index (χ3n) is 2.86. The number of aryl methyl sites for hydroxylation is 1. The highest BCUT2D eigenvalue weighted by Crippen LogP contribution is 2.14. The van der Waals surface area contributed by atoms with Crippen molar-refractivity contribution in [2.75, 3.05) is 26.0 Å². The quantitative estimate of drug-likeness (QED) is 0.785. The van der Waals surface area contributed by atoms with E-state index in [9.17, 15) is 4.79 Å². The second kappa shape index (κ2) is 6.85. The van der Waals surface area contributed by atoms with Gasteiger partial charge in [-0.2, -0.15) is 0 Å². The number of benzene rings is 1. The van der Waals surface area contributed by atoms with E-state index in [0.29, 0.717) is 24.9 Å². The Hall–Kier alpha value is -2.41. The lowest BCUT2D eigenvalue weighted by atomic mass is 10.3. The zero-order chi connectivity index (χ0) is 15.2. The molecule has 2 rings (SSSR count). The largest absolute Gasteiger partial charge is 0.497 e. The van der Waals surface area contributed by atoms with Crippen molar-refractivity contribution in [3.63, 3.8) is 0 Å². The number of likely N-dealkylation sites (N-methyl/N-ethyl adjacent to an activating group) is 1. The zero-order valence-corrected chi connectivity index (χ0v) is 12.3. The SMILES string of the molecule is COc1ccc(NC(=O)C[NH+](C)Cc2nnc(C)o2)cc1. The summed E-state index contributed by atoms with van der Waals surface area (Å²) in [6.45, 7) is 2.56. The van der Waals surface area contributed by atoms with Gasteiger partial charge >= 0.3 is 0 Å². The molecule has 21 heavy (non-hydrogen) atoms. The molecule has 1 aromatic heterocycles. The van der Waals surface area contributed by atoms with Gasteiger partial charge in [0.1, 0.15) is 5.75 Å². The molecule has 1 heterocycles. The number of carbonyl (C=O) groups excluding carboxylic acids is 1. The number of quaternary nitrogens is 1. The number of anilines is 1. The number of amides is 1. The number of carbonyl (C=O) groups is 1. The van der Waals surface area contributed by atoms with Gasteiger partial charge in [-0.25, -0.2) is 0 Å². The average Bonchev–Trinajstić information content (AvgIpc) is 2.84. The van der Waals surface area contributed by atoms with Gasteiger partial charge in [-0.3, -0.25) is 4.79 Å². The fraction of sp³-hybridized carbons (Fsp3) is 0.357. The fourth-order valence-electron chi connectivity index (χ4n) is 1.88.